The van der Waals surface area contributed by atoms with Gasteiger partial charge in [0.15, 0.2) is 0 Å². The number of benzene rings is 1. The zero-order valence-electron chi connectivity index (χ0n) is 14.2. The fourth-order valence-electron chi connectivity index (χ4n) is 2.73. The molecule has 0 spiro atoms. The van der Waals surface area contributed by atoms with Crippen LogP contribution in [0.15, 0.2) is 24.3 Å². The van der Waals surface area contributed by atoms with Gasteiger partial charge in [-0.25, -0.2) is 0 Å². The van der Waals surface area contributed by atoms with Gasteiger partial charge in [0.2, 0.25) is 5.91 Å². The number of likely N-dealkylation sites (N-methyl/N-ethyl adjacent to an activating group) is 1. The lowest BCUT2D eigenvalue weighted by molar-refractivity contribution is -0.134. The minimum atomic E-state index is -0.0440. The lowest BCUT2D eigenvalue weighted by Crippen LogP contribution is -2.54. The van der Waals surface area contributed by atoms with Crippen LogP contribution >= 0.6 is 11.6 Å². The Hall–Kier alpha value is -1.30. The van der Waals surface area contributed by atoms with Crippen LogP contribution in [-0.2, 0) is 4.79 Å². The van der Waals surface area contributed by atoms with Crippen molar-refractivity contribution in [1.82, 2.24) is 14.7 Å². The van der Waals surface area contributed by atoms with Crippen molar-refractivity contribution in [2.45, 2.75) is 13.0 Å². The Morgan fingerprint density at radius 3 is 2.39 bits per heavy atom. The fourth-order valence-corrected chi connectivity index (χ4v) is 2.85. The summed E-state index contributed by atoms with van der Waals surface area (Å²) in [5, 5.41) is 0.717. The molecule has 5 nitrogen and oxygen atoms in total. The molecule has 128 valence electrons. The number of halogens is 1. The van der Waals surface area contributed by atoms with E-state index in [2.05, 4.69) is 9.80 Å². The van der Waals surface area contributed by atoms with Crippen LogP contribution in [0.1, 0.15) is 6.92 Å². The number of ether oxygens (including phenoxy) is 1. The topological polar surface area (TPSA) is 36.0 Å². The molecule has 1 aromatic rings. The molecule has 1 heterocycles. The van der Waals surface area contributed by atoms with Gasteiger partial charge in [0.1, 0.15) is 12.4 Å². The summed E-state index contributed by atoms with van der Waals surface area (Å²) in [6, 6.07) is 7.39. The van der Waals surface area contributed by atoms with Crippen LogP contribution in [0.25, 0.3) is 0 Å². The van der Waals surface area contributed by atoms with Gasteiger partial charge in [0.05, 0.1) is 6.04 Å². The van der Waals surface area contributed by atoms with Gasteiger partial charge in [-0.2, -0.15) is 0 Å². The number of hydrogen-bond acceptors (Lipinski definition) is 4. The van der Waals surface area contributed by atoms with Gasteiger partial charge in [0, 0.05) is 51.8 Å². The minimum Gasteiger partial charge on any atom is -0.492 e. The van der Waals surface area contributed by atoms with Gasteiger partial charge >= 0.3 is 0 Å². The molecule has 0 N–H and O–H groups in total. The van der Waals surface area contributed by atoms with Crippen molar-refractivity contribution in [1.29, 1.82) is 0 Å². The first-order valence-corrected chi connectivity index (χ1v) is 8.41. The molecule has 0 saturated carbocycles. The molecule has 1 saturated heterocycles. The average Bonchev–Trinajstić information content (AvgIpc) is 2.56. The normalized spacial score (nSPS) is 17.7. The standard InChI is InChI=1S/C17H26ClN3O2/c1-14(17(22)19(2)3)21-10-8-20(9-11-21)12-13-23-16-6-4-15(18)5-7-16/h4-7,14H,8-13H2,1-3H3. The molecule has 2 rings (SSSR count). The molecule has 1 atom stereocenters. The summed E-state index contributed by atoms with van der Waals surface area (Å²) in [4.78, 5) is 18.3. The second kappa shape index (κ2) is 8.52. The molecule has 0 bridgehead atoms. The second-order valence-electron chi connectivity index (χ2n) is 6.09. The van der Waals surface area contributed by atoms with E-state index in [9.17, 15) is 4.79 Å². The third-order valence-electron chi connectivity index (χ3n) is 4.24. The smallest absolute Gasteiger partial charge is 0.239 e. The van der Waals surface area contributed by atoms with E-state index in [1.165, 1.54) is 0 Å². The van der Waals surface area contributed by atoms with E-state index < -0.39 is 0 Å². The monoisotopic (exact) mass is 339 g/mol. The van der Waals surface area contributed by atoms with Crippen molar-refractivity contribution in [2.24, 2.45) is 0 Å². The van der Waals surface area contributed by atoms with E-state index in [0.717, 1.165) is 43.5 Å². The number of carbonyl (C=O) groups excluding carboxylic acids is 1. The number of hydrogen-bond donors (Lipinski definition) is 0. The molecule has 1 aliphatic heterocycles. The maximum Gasteiger partial charge on any atom is 0.239 e. The molecule has 0 aliphatic carbocycles. The van der Waals surface area contributed by atoms with Gasteiger partial charge < -0.3 is 9.64 Å². The van der Waals surface area contributed by atoms with Crippen molar-refractivity contribution >= 4 is 17.5 Å². The Balaban J connectivity index is 1.68. The number of carbonyl (C=O) groups is 1. The lowest BCUT2D eigenvalue weighted by atomic mass is 10.2. The van der Waals surface area contributed by atoms with Gasteiger partial charge in [-0.1, -0.05) is 11.6 Å². The van der Waals surface area contributed by atoms with E-state index in [4.69, 9.17) is 16.3 Å². The highest BCUT2D eigenvalue weighted by atomic mass is 35.5. The number of amides is 1. The highest BCUT2D eigenvalue weighted by Crippen LogP contribution is 2.15. The molecule has 0 aromatic heterocycles. The number of rotatable bonds is 6. The predicted octanol–water partition coefficient (Wildman–Crippen LogP) is 1.81. The van der Waals surface area contributed by atoms with Crippen LogP contribution in [0, 0.1) is 0 Å². The molecule has 1 aliphatic rings. The molecular weight excluding hydrogens is 314 g/mol. The SMILES string of the molecule is CC(C(=O)N(C)C)N1CCN(CCOc2ccc(Cl)cc2)CC1. The summed E-state index contributed by atoms with van der Waals surface area (Å²) < 4.78 is 5.73. The summed E-state index contributed by atoms with van der Waals surface area (Å²) >= 11 is 5.85. The first kappa shape index (κ1) is 18.0. The summed E-state index contributed by atoms with van der Waals surface area (Å²) in [7, 11) is 3.62. The second-order valence-corrected chi connectivity index (χ2v) is 6.53. The van der Waals surface area contributed by atoms with E-state index in [1.807, 2.05) is 45.3 Å². The molecule has 23 heavy (non-hydrogen) atoms. The summed E-state index contributed by atoms with van der Waals surface area (Å²) in [6.07, 6.45) is 0. The Labute approximate surface area is 143 Å². The molecule has 1 amide bonds. The van der Waals surface area contributed by atoms with Gasteiger partial charge in [-0.15, -0.1) is 0 Å². The van der Waals surface area contributed by atoms with Gasteiger partial charge in [-0.3, -0.25) is 14.6 Å². The Morgan fingerprint density at radius 1 is 1.22 bits per heavy atom. The fraction of sp³-hybridized carbons (Fsp3) is 0.588. The van der Waals surface area contributed by atoms with E-state index in [1.54, 1.807) is 4.90 Å². The quantitative estimate of drug-likeness (QED) is 0.792. The van der Waals surface area contributed by atoms with Crippen LogP contribution < -0.4 is 4.74 Å². The Bertz CT molecular complexity index is 499. The Morgan fingerprint density at radius 2 is 1.83 bits per heavy atom. The molecule has 6 heteroatoms. The molecule has 1 aromatic carbocycles. The third kappa shape index (κ3) is 5.37. The van der Waals surface area contributed by atoms with Crippen LogP contribution in [-0.4, -0.2) is 80.1 Å². The van der Waals surface area contributed by atoms with Crippen LogP contribution in [0.3, 0.4) is 0 Å². The molecule has 0 radical (unpaired) electrons. The Kier molecular flexibility index (Phi) is 6.69. The summed E-state index contributed by atoms with van der Waals surface area (Å²) in [5.41, 5.74) is 0. The number of nitrogens with zero attached hydrogens (tertiary/aromatic N) is 3. The van der Waals surface area contributed by atoms with Crippen LogP contribution in [0.2, 0.25) is 5.02 Å². The maximum atomic E-state index is 12.0. The summed E-state index contributed by atoms with van der Waals surface area (Å²) in [5.74, 6) is 1.02. The highest BCUT2D eigenvalue weighted by molar-refractivity contribution is 6.30. The van der Waals surface area contributed by atoms with Gasteiger partial charge in [0.25, 0.3) is 0 Å². The average molecular weight is 340 g/mol. The molecule has 1 fully saturated rings. The van der Waals surface area contributed by atoms with E-state index in [0.29, 0.717) is 6.61 Å². The first-order chi connectivity index (χ1) is 11.0. The van der Waals surface area contributed by atoms with E-state index in [-0.39, 0.29) is 11.9 Å². The molecular formula is C17H26ClN3O2. The van der Waals surface area contributed by atoms with Crippen molar-refractivity contribution in [2.75, 3.05) is 53.4 Å². The zero-order valence-corrected chi connectivity index (χ0v) is 14.9. The lowest BCUT2D eigenvalue weighted by Gasteiger charge is -2.38. The van der Waals surface area contributed by atoms with Crippen LogP contribution in [0.5, 0.6) is 5.75 Å². The van der Waals surface area contributed by atoms with E-state index >= 15 is 0 Å². The zero-order chi connectivity index (χ0) is 16.8. The molecule has 1 unspecified atom stereocenters. The first-order valence-electron chi connectivity index (χ1n) is 8.03. The predicted molar refractivity (Wildman–Crippen MR) is 93.1 cm³/mol. The minimum absolute atomic E-state index is 0.0440. The third-order valence-corrected chi connectivity index (χ3v) is 4.49. The maximum absolute atomic E-state index is 12.0. The summed E-state index contributed by atoms with van der Waals surface area (Å²) in [6.45, 7) is 7.31. The van der Waals surface area contributed by atoms with Crippen molar-refractivity contribution < 1.29 is 9.53 Å². The van der Waals surface area contributed by atoms with Crippen molar-refractivity contribution in [3.63, 3.8) is 0 Å². The highest BCUT2D eigenvalue weighted by Gasteiger charge is 2.26. The van der Waals surface area contributed by atoms with Gasteiger partial charge in [-0.05, 0) is 31.2 Å². The largest absolute Gasteiger partial charge is 0.492 e. The van der Waals surface area contributed by atoms with Crippen LogP contribution in [0.4, 0.5) is 0 Å². The van der Waals surface area contributed by atoms with Crippen molar-refractivity contribution in [3.8, 4) is 5.75 Å². The van der Waals surface area contributed by atoms with Crippen molar-refractivity contribution in [3.05, 3.63) is 29.3 Å². The number of piperazine rings is 1.